The van der Waals surface area contributed by atoms with Crippen LogP contribution in [-0.2, 0) is 0 Å². The molecule has 4 aliphatic carbocycles. The Morgan fingerprint density at radius 1 is 1.03 bits per heavy atom. The Morgan fingerprint density at radius 2 is 1.77 bits per heavy atom. The van der Waals surface area contributed by atoms with Crippen LogP contribution < -0.4 is 0 Å². The lowest BCUT2D eigenvalue weighted by atomic mass is 9.45. The number of hydrogen-bond acceptors (Lipinski definition) is 1. The standard InChI is InChI=1S/C29H46O/c1-19(2)9-8-10-20(3)22-12-13-23-21-11-14-25-27(4,5)26(30)16-18-29(25,7)24(21)15-17-28(22,23)6/h8-9,12-13,19-20,22-23,25-26,30H,10-11,14-18H2,1-7H3/b9-8+/t20-,22-,23-,25+,26+,28-,29-/m1/s1. The predicted molar refractivity (Wildman–Crippen MR) is 128 cm³/mol. The molecule has 0 aliphatic heterocycles. The normalized spacial score (nSPS) is 43.6. The van der Waals surface area contributed by atoms with Crippen LogP contribution in [0, 0.1) is 45.8 Å². The minimum atomic E-state index is -0.137. The van der Waals surface area contributed by atoms with Crippen molar-refractivity contribution in [2.75, 3.05) is 0 Å². The molecule has 1 N–H and O–H groups in total. The highest BCUT2D eigenvalue weighted by molar-refractivity contribution is 5.39. The molecule has 0 aromatic rings. The lowest BCUT2D eigenvalue weighted by Gasteiger charge is -2.60. The van der Waals surface area contributed by atoms with Gasteiger partial charge in [-0.15, -0.1) is 0 Å². The van der Waals surface area contributed by atoms with E-state index in [1.165, 1.54) is 38.5 Å². The molecule has 0 heterocycles. The van der Waals surface area contributed by atoms with E-state index in [1.54, 1.807) is 11.1 Å². The molecule has 0 amide bonds. The zero-order valence-corrected chi connectivity index (χ0v) is 20.7. The number of allylic oxidation sites excluding steroid dienone is 6. The first-order valence-electron chi connectivity index (χ1n) is 12.8. The van der Waals surface area contributed by atoms with Crippen molar-refractivity contribution in [3.05, 3.63) is 35.5 Å². The summed E-state index contributed by atoms with van der Waals surface area (Å²) < 4.78 is 0. The van der Waals surface area contributed by atoms with E-state index < -0.39 is 0 Å². The second kappa shape index (κ2) is 7.65. The van der Waals surface area contributed by atoms with E-state index >= 15 is 0 Å². The first-order chi connectivity index (χ1) is 14.0. The zero-order chi connectivity index (χ0) is 21.9. The van der Waals surface area contributed by atoms with Gasteiger partial charge in [-0.2, -0.15) is 0 Å². The van der Waals surface area contributed by atoms with Gasteiger partial charge in [-0.1, -0.05) is 83.9 Å². The average Bonchev–Trinajstić information content (AvgIpc) is 3.02. The molecule has 1 nitrogen and oxygen atoms in total. The maximum atomic E-state index is 10.7. The number of hydrogen-bond donors (Lipinski definition) is 1. The molecular formula is C29H46O. The molecule has 0 aromatic heterocycles. The Morgan fingerprint density at radius 3 is 2.47 bits per heavy atom. The second-order valence-electron chi connectivity index (χ2n) is 12.7. The van der Waals surface area contributed by atoms with Crippen molar-refractivity contribution < 1.29 is 5.11 Å². The van der Waals surface area contributed by atoms with Crippen LogP contribution in [0.4, 0.5) is 0 Å². The van der Waals surface area contributed by atoms with E-state index in [-0.39, 0.29) is 11.5 Å². The molecule has 4 aliphatic rings. The molecule has 1 saturated carbocycles. The molecule has 0 bridgehead atoms. The largest absolute Gasteiger partial charge is 0.393 e. The monoisotopic (exact) mass is 410 g/mol. The summed E-state index contributed by atoms with van der Waals surface area (Å²) in [6.45, 7) is 16.8. The van der Waals surface area contributed by atoms with Gasteiger partial charge in [0.05, 0.1) is 6.10 Å². The van der Waals surface area contributed by atoms with Crippen molar-refractivity contribution in [3.8, 4) is 0 Å². The third-order valence-electron chi connectivity index (χ3n) is 10.2. The summed E-state index contributed by atoms with van der Waals surface area (Å²) in [6, 6.07) is 0. The van der Waals surface area contributed by atoms with Gasteiger partial charge in [-0.05, 0) is 84.9 Å². The van der Waals surface area contributed by atoms with E-state index in [4.69, 9.17) is 0 Å². The molecule has 168 valence electrons. The average molecular weight is 411 g/mol. The summed E-state index contributed by atoms with van der Waals surface area (Å²) >= 11 is 0. The summed E-state index contributed by atoms with van der Waals surface area (Å²) in [5, 5.41) is 10.7. The second-order valence-corrected chi connectivity index (χ2v) is 12.7. The summed E-state index contributed by atoms with van der Waals surface area (Å²) in [4.78, 5) is 0. The smallest absolute Gasteiger partial charge is 0.0594 e. The molecule has 0 aromatic carbocycles. The van der Waals surface area contributed by atoms with Crippen LogP contribution in [0.2, 0.25) is 0 Å². The van der Waals surface area contributed by atoms with Crippen LogP contribution >= 0.6 is 0 Å². The van der Waals surface area contributed by atoms with Crippen molar-refractivity contribution in [1.29, 1.82) is 0 Å². The van der Waals surface area contributed by atoms with Gasteiger partial charge in [0.25, 0.3) is 0 Å². The Hall–Kier alpha value is -0.820. The van der Waals surface area contributed by atoms with E-state index in [2.05, 4.69) is 72.8 Å². The molecule has 0 unspecified atom stereocenters. The zero-order valence-electron chi connectivity index (χ0n) is 20.7. The van der Waals surface area contributed by atoms with Crippen LogP contribution in [0.3, 0.4) is 0 Å². The molecule has 7 atom stereocenters. The fraction of sp³-hybridized carbons (Fsp3) is 0.793. The van der Waals surface area contributed by atoms with Gasteiger partial charge in [0.1, 0.15) is 0 Å². The molecule has 0 saturated heterocycles. The summed E-state index contributed by atoms with van der Waals surface area (Å²) in [7, 11) is 0. The first kappa shape index (κ1) is 22.4. The SMILES string of the molecule is CC(C)/C=C/C[C@@H](C)[C@H]1C=C[C@@H]2C3=C(CC[C@@]21C)[C@@]1(C)CC[C@H](O)C(C)(C)[C@@H]1CC3. The van der Waals surface area contributed by atoms with Crippen LogP contribution in [0.5, 0.6) is 0 Å². The highest BCUT2D eigenvalue weighted by Crippen LogP contribution is 2.66. The lowest BCUT2D eigenvalue weighted by Crippen LogP contribution is -2.53. The van der Waals surface area contributed by atoms with Gasteiger partial charge in [0.2, 0.25) is 0 Å². The van der Waals surface area contributed by atoms with E-state index in [1.807, 2.05) is 0 Å². The molecule has 30 heavy (non-hydrogen) atoms. The first-order valence-corrected chi connectivity index (χ1v) is 12.8. The van der Waals surface area contributed by atoms with E-state index in [9.17, 15) is 5.11 Å². The molecular weight excluding hydrogens is 364 g/mol. The van der Waals surface area contributed by atoms with Crippen molar-refractivity contribution in [3.63, 3.8) is 0 Å². The van der Waals surface area contributed by atoms with Gasteiger partial charge in [0, 0.05) is 5.92 Å². The maximum absolute atomic E-state index is 10.7. The highest BCUT2D eigenvalue weighted by Gasteiger charge is 2.58. The Bertz CT molecular complexity index is 752. The predicted octanol–water partition coefficient (Wildman–Crippen LogP) is 7.72. The fourth-order valence-corrected chi connectivity index (χ4v) is 8.35. The fourth-order valence-electron chi connectivity index (χ4n) is 8.35. The van der Waals surface area contributed by atoms with Gasteiger partial charge < -0.3 is 5.11 Å². The molecule has 1 fully saturated rings. The van der Waals surface area contributed by atoms with Gasteiger partial charge in [-0.3, -0.25) is 0 Å². The van der Waals surface area contributed by atoms with Crippen LogP contribution in [-0.4, -0.2) is 11.2 Å². The number of aliphatic hydroxyl groups excluding tert-OH is 1. The van der Waals surface area contributed by atoms with Crippen molar-refractivity contribution in [1.82, 2.24) is 0 Å². The Labute approximate surface area is 186 Å². The number of aliphatic hydroxyl groups is 1. The van der Waals surface area contributed by atoms with E-state index in [0.29, 0.717) is 40.4 Å². The molecule has 0 radical (unpaired) electrons. The van der Waals surface area contributed by atoms with Gasteiger partial charge in [-0.25, -0.2) is 0 Å². The minimum absolute atomic E-state index is 0.0393. The maximum Gasteiger partial charge on any atom is 0.0594 e. The lowest BCUT2D eigenvalue weighted by molar-refractivity contribution is -0.0927. The summed E-state index contributed by atoms with van der Waals surface area (Å²) in [6.07, 6.45) is 18.3. The Balaban J connectivity index is 1.61. The van der Waals surface area contributed by atoms with E-state index in [0.717, 1.165) is 6.42 Å². The molecule has 4 rings (SSSR count). The van der Waals surface area contributed by atoms with Crippen LogP contribution in [0.15, 0.2) is 35.5 Å². The van der Waals surface area contributed by atoms with Crippen molar-refractivity contribution >= 4 is 0 Å². The minimum Gasteiger partial charge on any atom is -0.393 e. The van der Waals surface area contributed by atoms with Crippen molar-refractivity contribution in [2.45, 2.75) is 99.5 Å². The Kier molecular flexibility index (Phi) is 5.70. The summed E-state index contributed by atoms with van der Waals surface area (Å²) in [5.74, 6) is 3.33. The highest BCUT2D eigenvalue weighted by atomic mass is 16.3. The molecule has 1 heteroatoms. The number of fused-ring (bicyclic) bond motifs is 4. The van der Waals surface area contributed by atoms with Crippen LogP contribution in [0.25, 0.3) is 0 Å². The third kappa shape index (κ3) is 3.30. The third-order valence-corrected chi connectivity index (χ3v) is 10.2. The van der Waals surface area contributed by atoms with Gasteiger partial charge in [0.15, 0.2) is 0 Å². The number of rotatable bonds is 4. The van der Waals surface area contributed by atoms with Crippen molar-refractivity contribution in [2.24, 2.45) is 45.8 Å². The van der Waals surface area contributed by atoms with Gasteiger partial charge >= 0.3 is 0 Å². The molecule has 0 spiro atoms. The topological polar surface area (TPSA) is 20.2 Å². The van der Waals surface area contributed by atoms with Crippen LogP contribution in [0.1, 0.15) is 93.4 Å². The quantitative estimate of drug-likeness (QED) is 0.470. The summed E-state index contributed by atoms with van der Waals surface area (Å²) in [5.41, 5.74) is 4.35.